The number of carboxylic acid groups (broad SMARTS) is 1. The number of aliphatic carboxylic acids is 1. The second-order valence-corrected chi connectivity index (χ2v) is 5.81. The summed E-state index contributed by atoms with van der Waals surface area (Å²) < 4.78 is 0. The fraction of sp³-hybridized carbons (Fsp3) is 0.333. The Kier molecular flexibility index (Phi) is 4.09. The van der Waals surface area contributed by atoms with Gasteiger partial charge >= 0.3 is 5.97 Å². The number of benzene rings is 2. The predicted molar refractivity (Wildman–Crippen MR) is 84.6 cm³/mol. The molecular weight excluding hydrogens is 278 g/mol. The molecule has 0 atom stereocenters. The number of nitrogens with zero attached hydrogens (tertiary/aromatic N) is 1. The van der Waals surface area contributed by atoms with Crippen LogP contribution in [0.25, 0.3) is 10.8 Å². The normalized spacial score (nSPS) is 15.9. The van der Waals surface area contributed by atoms with E-state index in [1.165, 1.54) is 0 Å². The second kappa shape index (κ2) is 6.18. The predicted octanol–water partition coefficient (Wildman–Crippen LogP) is 2.71. The van der Waals surface area contributed by atoms with Crippen LogP contribution in [0.5, 0.6) is 0 Å². The smallest absolute Gasteiger partial charge is 0.306 e. The lowest BCUT2D eigenvalue weighted by Crippen LogP contribution is -2.41. The van der Waals surface area contributed by atoms with E-state index in [9.17, 15) is 9.59 Å². The number of likely N-dealkylation sites (tertiary alicyclic amines) is 1. The van der Waals surface area contributed by atoms with Gasteiger partial charge in [0.15, 0.2) is 0 Å². The summed E-state index contributed by atoms with van der Waals surface area (Å²) in [4.78, 5) is 25.2. The van der Waals surface area contributed by atoms with Crippen LogP contribution in [-0.2, 0) is 16.0 Å². The molecule has 0 saturated carbocycles. The maximum absolute atomic E-state index is 12.5. The van der Waals surface area contributed by atoms with E-state index in [1.54, 1.807) is 4.90 Å². The summed E-state index contributed by atoms with van der Waals surface area (Å²) in [5.74, 6) is -0.969. The van der Waals surface area contributed by atoms with Crippen LogP contribution in [0.3, 0.4) is 0 Å². The molecule has 4 heteroatoms. The molecule has 0 bridgehead atoms. The molecule has 2 aromatic carbocycles. The Labute approximate surface area is 129 Å². The van der Waals surface area contributed by atoms with Crippen LogP contribution >= 0.6 is 0 Å². The number of piperidine rings is 1. The van der Waals surface area contributed by atoms with Crippen molar-refractivity contribution in [3.8, 4) is 0 Å². The van der Waals surface area contributed by atoms with Gasteiger partial charge in [-0.1, -0.05) is 42.5 Å². The molecule has 22 heavy (non-hydrogen) atoms. The van der Waals surface area contributed by atoms with Crippen molar-refractivity contribution in [3.05, 3.63) is 48.0 Å². The van der Waals surface area contributed by atoms with E-state index in [1.807, 2.05) is 42.5 Å². The molecule has 0 radical (unpaired) electrons. The highest BCUT2D eigenvalue weighted by atomic mass is 16.4. The molecule has 0 unspecified atom stereocenters. The van der Waals surface area contributed by atoms with Gasteiger partial charge in [-0.3, -0.25) is 9.59 Å². The summed E-state index contributed by atoms with van der Waals surface area (Å²) >= 11 is 0. The summed E-state index contributed by atoms with van der Waals surface area (Å²) in [7, 11) is 0. The maximum Gasteiger partial charge on any atom is 0.306 e. The van der Waals surface area contributed by atoms with E-state index in [0.717, 1.165) is 16.3 Å². The average Bonchev–Trinajstić information content (AvgIpc) is 2.55. The molecule has 1 amide bonds. The Bertz CT molecular complexity index is 697. The van der Waals surface area contributed by atoms with Crippen molar-refractivity contribution in [1.82, 2.24) is 4.90 Å². The first-order valence-electron chi connectivity index (χ1n) is 7.62. The summed E-state index contributed by atoms with van der Waals surface area (Å²) in [6, 6.07) is 14.1. The van der Waals surface area contributed by atoms with Crippen molar-refractivity contribution in [2.45, 2.75) is 19.3 Å². The van der Waals surface area contributed by atoms with E-state index in [2.05, 4.69) is 0 Å². The third kappa shape index (κ3) is 2.96. The fourth-order valence-electron chi connectivity index (χ4n) is 3.10. The van der Waals surface area contributed by atoms with E-state index >= 15 is 0 Å². The van der Waals surface area contributed by atoms with Crippen LogP contribution in [-0.4, -0.2) is 35.0 Å². The number of carboxylic acids is 1. The van der Waals surface area contributed by atoms with Gasteiger partial charge in [0, 0.05) is 13.1 Å². The third-order valence-electron chi connectivity index (χ3n) is 4.42. The minimum Gasteiger partial charge on any atom is -0.481 e. The fourth-order valence-corrected chi connectivity index (χ4v) is 3.10. The lowest BCUT2D eigenvalue weighted by molar-refractivity contribution is -0.145. The quantitative estimate of drug-likeness (QED) is 0.947. The Balaban J connectivity index is 1.70. The second-order valence-electron chi connectivity index (χ2n) is 5.81. The molecule has 1 N–H and O–H groups in total. The Morgan fingerprint density at radius 1 is 1.05 bits per heavy atom. The van der Waals surface area contributed by atoms with Crippen LogP contribution in [0.4, 0.5) is 0 Å². The highest BCUT2D eigenvalue weighted by Crippen LogP contribution is 2.21. The molecular formula is C18H19NO3. The highest BCUT2D eigenvalue weighted by Gasteiger charge is 2.26. The molecule has 3 rings (SSSR count). The summed E-state index contributed by atoms with van der Waals surface area (Å²) in [6.45, 7) is 1.08. The third-order valence-corrected chi connectivity index (χ3v) is 4.42. The van der Waals surface area contributed by atoms with Gasteiger partial charge < -0.3 is 10.0 Å². The summed E-state index contributed by atoms with van der Waals surface area (Å²) in [5.41, 5.74) is 1.03. The van der Waals surface area contributed by atoms with Crippen molar-refractivity contribution in [2.75, 3.05) is 13.1 Å². The standard InChI is InChI=1S/C18H19NO3/c20-17(19-10-8-14(9-11-19)18(21)22)12-15-6-3-5-13-4-1-2-7-16(13)15/h1-7,14H,8-12H2,(H,21,22). The van der Waals surface area contributed by atoms with Crippen LogP contribution < -0.4 is 0 Å². The summed E-state index contributed by atoms with van der Waals surface area (Å²) in [5, 5.41) is 11.3. The van der Waals surface area contributed by atoms with E-state index in [-0.39, 0.29) is 11.8 Å². The van der Waals surface area contributed by atoms with Gasteiger partial charge in [-0.2, -0.15) is 0 Å². The lowest BCUT2D eigenvalue weighted by Gasteiger charge is -2.30. The number of carbonyl (C=O) groups excluding carboxylic acids is 1. The zero-order chi connectivity index (χ0) is 15.5. The first kappa shape index (κ1) is 14.6. The monoisotopic (exact) mass is 297 g/mol. The van der Waals surface area contributed by atoms with Crippen LogP contribution in [0, 0.1) is 5.92 Å². The largest absolute Gasteiger partial charge is 0.481 e. The number of hydrogen-bond donors (Lipinski definition) is 1. The topological polar surface area (TPSA) is 57.6 Å². The Hall–Kier alpha value is -2.36. The molecule has 4 nitrogen and oxygen atoms in total. The number of fused-ring (bicyclic) bond motifs is 1. The van der Waals surface area contributed by atoms with Gasteiger partial charge in [-0.05, 0) is 29.2 Å². The van der Waals surface area contributed by atoms with E-state index in [0.29, 0.717) is 32.4 Å². The zero-order valence-corrected chi connectivity index (χ0v) is 12.4. The minimum atomic E-state index is -0.749. The van der Waals surface area contributed by atoms with Crippen LogP contribution in [0.15, 0.2) is 42.5 Å². The highest BCUT2D eigenvalue weighted by molar-refractivity contribution is 5.90. The molecule has 1 saturated heterocycles. The van der Waals surface area contributed by atoms with E-state index < -0.39 is 5.97 Å². The van der Waals surface area contributed by atoms with Crippen molar-refractivity contribution in [3.63, 3.8) is 0 Å². The van der Waals surface area contributed by atoms with Crippen LogP contribution in [0.1, 0.15) is 18.4 Å². The number of hydrogen-bond acceptors (Lipinski definition) is 2. The SMILES string of the molecule is O=C(O)C1CCN(C(=O)Cc2cccc3ccccc23)CC1. The summed E-state index contributed by atoms with van der Waals surface area (Å²) in [6.07, 6.45) is 1.48. The minimum absolute atomic E-state index is 0.0835. The van der Waals surface area contributed by atoms with Gasteiger partial charge in [-0.15, -0.1) is 0 Å². The molecule has 0 spiro atoms. The first-order valence-corrected chi connectivity index (χ1v) is 7.62. The van der Waals surface area contributed by atoms with Crippen molar-refractivity contribution < 1.29 is 14.7 Å². The zero-order valence-electron chi connectivity index (χ0n) is 12.4. The maximum atomic E-state index is 12.5. The van der Waals surface area contributed by atoms with Gasteiger partial charge in [-0.25, -0.2) is 0 Å². The number of carbonyl (C=O) groups is 2. The molecule has 1 aliphatic heterocycles. The van der Waals surface area contributed by atoms with E-state index in [4.69, 9.17) is 5.11 Å². The number of amides is 1. The van der Waals surface area contributed by atoms with Gasteiger partial charge in [0.05, 0.1) is 12.3 Å². The van der Waals surface area contributed by atoms with Crippen molar-refractivity contribution in [2.24, 2.45) is 5.92 Å². The molecule has 0 aromatic heterocycles. The average molecular weight is 297 g/mol. The van der Waals surface area contributed by atoms with Gasteiger partial charge in [0.2, 0.25) is 5.91 Å². The Morgan fingerprint density at radius 3 is 2.45 bits per heavy atom. The molecule has 1 fully saturated rings. The van der Waals surface area contributed by atoms with Crippen LogP contribution in [0.2, 0.25) is 0 Å². The lowest BCUT2D eigenvalue weighted by atomic mass is 9.96. The molecule has 114 valence electrons. The number of rotatable bonds is 3. The first-order chi connectivity index (χ1) is 10.6. The van der Waals surface area contributed by atoms with Gasteiger partial charge in [0.1, 0.15) is 0 Å². The molecule has 1 aliphatic rings. The van der Waals surface area contributed by atoms with Crippen molar-refractivity contribution in [1.29, 1.82) is 0 Å². The van der Waals surface area contributed by atoms with Gasteiger partial charge in [0.25, 0.3) is 0 Å². The van der Waals surface area contributed by atoms with Crippen molar-refractivity contribution >= 4 is 22.6 Å². The Morgan fingerprint density at radius 2 is 1.73 bits per heavy atom. The molecule has 0 aliphatic carbocycles. The molecule has 1 heterocycles. The molecule has 2 aromatic rings.